The van der Waals surface area contributed by atoms with Crippen molar-refractivity contribution in [2.45, 2.75) is 69.5 Å². The topological polar surface area (TPSA) is 167 Å². The zero-order valence-corrected chi connectivity index (χ0v) is 26.1. The van der Waals surface area contributed by atoms with Gasteiger partial charge in [-0.1, -0.05) is 40.2 Å². The van der Waals surface area contributed by atoms with E-state index in [9.17, 15) is 27.6 Å². The normalized spacial score (nSPS) is 21.7. The number of carbonyl (C=O) groups is 4. The maximum atomic E-state index is 12.6. The van der Waals surface area contributed by atoms with Gasteiger partial charge in [0, 0.05) is 33.0 Å². The minimum absolute atomic E-state index is 0.160. The standard InChI is InChI=1S/C28H31BrO13S/c1-16(30)36-14-24-25(37-17(2)31)26(38-18(3)32)27(39-19(4)33)28(41-24)40-22-9-7-21(8-10-22)15-43(34,35)42-23-11-5-20(13-29)6-12-23/h5-12,24-28H,13-15H2,1-4H3/t24-,25+,26+,27-,28?/m1/s1. The zero-order valence-electron chi connectivity index (χ0n) is 23.7. The first-order valence-electron chi connectivity index (χ1n) is 12.9. The zero-order chi connectivity index (χ0) is 31.7. The summed E-state index contributed by atoms with van der Waals surface area (Å²) in [7, 11) is -3.99. The summed E-state index contributed by atoms with van der Waals surface area (Å²) in [6.45, 7) is 4.09. The number of rotatable bonds is 12. The summed E-state index contributed by atoms with van der Waals surface area (Å²) in [6, 6.07) is 12.4. The van der Waals surface area contributed by atoms with E-state index in [-0.39, 0.29) is 11.5 Å². The molecule has 5 atom stereocenters. The summed E-state index contributed by atoms with van der Waals surface area (Å²) in [5, 5.41) is 0.617. The molecule has 0 N–H and O–H groups in total. The Balaban J connectivity index is 1.82. The molecule has 3 rings (SSSR count). The number of hydrogen-bond donors (Lipinski definition) is 0. The molecule has 0 aromatic heterocycles. The molecular formula is C28H31BrO13S. The number of esters is 4. The summed E-state index contributed by atoms with van der Waals surface area (Å²) in [5.41, 5.74) is 1.34. The predicted molar refractivity (Wildman–Crippen MR) is 151 cm³/mol. The third kappa shape index (κ3) is 10.5. The lowest BCUT2D eigenvalue weighted by Crippen LogP contribution is -2.63. The van der Waals surface area contributed by atoms with Crippen LogP contribution in [0.25, 0.3) is 0 Å². The van der Waals surface area contributed by atoms with E-state index < -0.39 is 77.1 Å². The highest BCUT2D eigenvalue weighted by molar-refractivity contribution is 9.08. The molecule has 1 unspecified atom stereocenters. The van der Waals surface area contributed by atoms with Crippen LogP contribution in [0.15, 0.2) is 48.5 Å². The lowest BCUT2D eigenvalue weighted by Gasteiger charge is -2.43. The van der Waals surface area contributed by atoms with E-state index in [0.717, 1.165) is 33.3 Å². The molecule has 2 aromatic rings. The van der Waals surface area contributed by atoms with Gasteiger partial charge in [-0.05, 0) is 35.4 Å². The van der Waals surface area contributed by atoms with Crippen molar-refractivity contribution >= 4 is 49.9 Å². The van der Waals surface area contributed by atoms with Crippen LogP contribution in [0.3, 0.4) is 0 Å². The summed E-state index contributed by atoms with van der Waals surface area (Å²) in [6.07, 6.45) is -6.74. The van der Waals surface area contributed by atoms with Crippen molar-refractivity contribution in [1.82, 2.24) is 0 Å². The Morgan fingerprint density at radius 3 is 1.77 bits per heavy atom. The molecule has 1 aliphatic rings. The number of carbonyl (C=O) groups excluding carboxylic acids is 4. The average Bonchev–Trinajstić information content (AvgIpc) is 2.91. The molecule has 0 aliphatic carbocycles. The van der Waals surface area contributed by atoms with Crippen molar-refractivity contribution in [1.29, 1.82) is 0 Å². The van der Waals surface area contributed by atoms with Crippen LogP contribution in [0.1, 0.15) is 38.8 Å². The Bertz CT molecular complexity index is 1390. The van der Waals surface area contributed by atoms with Gasteiger partial charge in [-0.2, -0.15) is 8.42 Å². The Labute approximate surface area is 256 Å². The molecule has 1 heterocycles. The third-order valence-corrected chi connectivity index (χ3v) is 7.55. The molecule has 0 spiro atoms. The van der Waals surface area contributed by atoms with Gasteiger partial charge < -0.3 is 32.6 Å². The van der Waals surface area contributed by atoms with E-state index in [1.807, 2.05) is 0 Å². The van der Waals surface area contributed by atoms with Crippen LogP contribution in [-0.4, -0.2) is 69.6 Å². The van der Waals surface area contributed by atoms with Gasteiger partial charge in [-0.3, -0.25) is 19.2 Å². The number of hydrogen-bond acceptors (Lipinski definition) is 13. The van der Waals surface area contributed by atoms with Crippen LogP contribution < -0.4 is 8.92 Å². The van der Waals surface area contributed by atoms with Gasteiger partial charge in [0.25, 0.3) is 0 Å². The summed E-state index contributed by atoms with van der Waals surface area (Å²) >= 11 is 3.32. The Morgan fingerprint density at radius 1 is 0.721 bits per heavy atom. The van der Waals surface area contributed by atoms with Crippen molar-refractivity contribution < 1.29 is 60.2 Å². The van der Waals surface area contributed by atoms with Gasteiger partial charge >= 0.3 is 34.0 Å². The van der Waals surface area contributed by atoms with E-state index >= 15 is 0 Å². The SMILES string of the molecule is CC(=O)OC[C@H]1OC(Oc2ccc(CS(=O)(=O)Oc3ccc(CBr)cc3)cc2)[C@H](OC(C)=O)[C@@H](OC(C)=O)[C@H]1OC(C)=O. The maximum absolute atomic E-state index is 12.6. The summed E-state index contributed by atoms with van der Waals surface area (Å²) in [5.74, 6) is -3.07. The van der Waals surface area contributed by atoms with E-state index in [2.05, 4.69) is 15.9 Å². The Hall–Kier alpha value is -3.69. The predicted octanol–water partition coefficient (Wildman–Crippen LogP) is 2.95. The fourth-order valence-electron chi connectivity index (χ4n) is 4.10. The quantitative estimate of drug-likeness (QED) is 0.138. The van der Waals surface area contributed by atoms with Crippen LogP contribution in [0.4, 0.5) is 0 Å². The Morgan fingerprint density at radius 2 is 1.23 bits per heavy atom. The van der Waals surface area contributed by atoms with Gasteiger partial charge in [-0.25, -0.2) is 0 Å². The molecule has 2 aromatic carbocycles. The lowest BCUT2D eigenvalue weighted by molar-refractivity contribution is -0.288. The fraction of sp³-hybridized carbons (Fsp3) is 0.429. The molecule has 234 valence electrons. The van der Waals surface area contributed by atoms with Crippen LogP contribution in [-0.2, 0) is 64.1 Å². The van der Waals surface area contributed by atoms with Gasteiger partial charge in [-0.15, -0.1) is 0 Å². The minimum Gasteiger partial charge on any atom is -0.463 e. The van der Waals surface area contributed by atoms with Crippen LogP contribution >= 0.6 is 15.9 Å². The third-order valence-electron chi connectivity index (χ3n) is 5.77. The van der Waals surface area contributed by atoms with Crippen molar-refractivity contribution in [2.75, 3.05) is 6.61 Å². The first-order chi connectivity index (χ1) is 20.3. The molecule has 0 bridgehead atoms. The van der Waals surface area contributed by atoms with Crippen molar-refractivity contribution in [3.63, 3.8) is 0 Å². The fourth-order valence-corrected chi connectivity index (χ4v) is 5.53. The molecule has 13 nitrogen and oxygen atoms in total. The smallest absolute Gasteiger partial charge is 0.313 e. The number of alkyl halides is 1. The van der Waals surface area contributed by atoms with Gasteiger partial charge in [0.2, 0.25) is 12.4 Å². The molecular weight excluding hydrogens is 656 g/mol. The molecule has 0 amide bonds. The molecule has 1 fully saturated rings. The van der Waals surface area contributed by atoms with Crippen LogP contribution in [0.2, 0.25) is 0 Å². The van der Waals surface area contributed by atoms with Crippen molar-refractivity contribution in [3.8, 4) is 11.5 Å². The molecule has 43 heavy (non-hydrogen) atoms. The molecule has 1 aliphatic heterocycles. The molecule has 0 saturated carbocycles. The van der Waals surface area contributed by atoms with E-state index in [0.29, 0.717) is 10.9 Å². The Kier molecular flexibility index (Phi) is 11.9. The largest absolute Gasteiger partial charge is 0.463 e. The van der Waals surface area contributed by atoms with E-state index in [1.165, 1.54) is 24.3 Å². The second-order valence-corrected chi connectivity index (χ2v) is 11.5. The number of ether oxygens (including phenoxy) is 6. The van der Waals surface area contributed by atoms with Gasteiger partial charge in [0.1, 0.15) is 30.0 Å². The molecule has 1 saturated heterocycles. The minimum atomic E-state index is -3.99. The monoisotopic (exact) mass is 686 g/mol. The van der Waals surface area contributed by atoms with Crippen molar-refractivity contribution in [3.05, 3.63) is 59.7 Å². The van der Waals surface area contributed by atoms with Gasteiger partial charge in [0.05, 0.1) is 0 Å². The molecule has 15 heteroatoms. The second kappa shape index (κ2) is 15.2. The highest BCUT2D eigenvalue weighted by atomic mass is 79.9. The van der Waals surface area contributed by atoms with Gasteiger partial charge in [0.15, 0.2) is 12.2 Å². The van der Waals surface area contributed by atoms with Crippen LogP contribution in [0.5, 0.6) is 11.5 Å². The summed E-state index contributed by atoms with van der Waals surface area (Å²) < 4.78 is 63.3. The highest BCUT2D eigenvalue weighted by Crippen LogP contribution is 2.31. The maximum Gasteiger partial charge on any atom is 0.313 e. The van der Waals surface area contributed by atoms with Crippen molar-refractivity contribution in [2.24, 2.45) is 0 Å². The average molecular weight is 688 g/mol. The van der Waals surface area contributed by atoms with Crippen LogP contribution in [0, 0.1) is 0 Å². The highest BCUT2D eigenvalue weighted by Gasteiger charge is 2.53. The first-order valence-corrected chi connectivity index (χ1v) is 15.6. The van der Waals surface area contributed by atoms with E-state index in [1.54, 1.807) is 24.3 Å². The first kappa shape index (κ1) is 33.8. The number of benzene rings is 2. The summed E-state index contributed by atoms with van der Waals surface area (Å²) in [4.78, 5) is 47.3. The molecule has 0 radical (unpaired) electrons. The lowest BCUT2D eigenvalue weighted by atomic mass is 9.98. The number of halogens is 1. The second-order valence-electron chi connectivity index (χ2n) is 9.39. The van der Waals surface area contributed by atoms with E-state index in [4.69, 9.17) is 32.6 Å².